The summed E-state index contributed by atoms with van der Waals surface area (Å²) < 4.78 is 27.0. The summed E-state index contributed by atoms with van der Waals surface area (Å²) in [5.41, 5.74) is 1.84. The number of nitrogens with one attached hydrogen (secondary N) is 1. The number of hydrogen-bond acceptors (Lipinski definition) is 4. The Labute approximate surface area is 150 Å². The standard InChI is InChI=1S/C17H17BrN2O3S/c1-20(2)15-8-3-13(4-9-15)5-12-17(21)19-24(22,23)16-10-6-14(18)7-11-16/h3-12H,1-2H3,(H,19,21)/b12-5+. The van der Waals surface area contributed by atoms with E-state index in [2.05, 4.69) is 15.9 Å². The zero-order valence-electron chi connectivity index (χ0n) is 13.2. The molecule has 0 spiro atoms. The number of rotatable bonds is 5. The van der Waals surface area contributed by atoms with Gasteiger partial charge in [-0.1, -0.05) is 28.1 Å². The molecule has 0 unspecified atom stereocenters. The van der Waals surface area contributed by atoms with Crippen molar-refractivity contribution < 1.29 is 13.2 Å². The molecule has 2 rings (SSSR count). The molecule has 24 heavy (non-hydrogen) atoms. The molecule has 0 saturated heterocycles. The van der Waals surface area contributed by atoms with Crippen LogP contribution in [-0.4, -0.2) is 28.4 Å². The van der Waals surface area contributed by atoms with E-state index in [-0.39, 0.29) is 4.90 Å². The topological polar surface area (TPSA) is 66.5 Å². The first-order valence-electron chi connectivity index (χ1n) is 7.06. The van der Waals surface area contributed by atoms with Gasteiger partial charge in [0.2, 0.25) is 0 Å². The normalized spacial score (nSPS) is 11.5. The van der Waals surface area contributed by atoms with E-state index in [4.69, 9.17) is 0 Å². The summed E-state index contributed by atoms with van der Waals surface area (Å²) in [4.78, 5) is 13.8. The van der Waals surface area contributed by atoms with E-state index in [1.165, 1.54) is 18.2 Å². The lowest BCUT2D eigenvalue weighted by Gasteiger charge is -2.11. The van der Waals surface area contributed by atoms with Crippen molar-refractivity contribution in [2.45, 2.75) is 4.90 Å². The number of anilines is 1. The minimum atomic E-state index is -3.88. The Morgan fingerprint density at radius 2 is 1.62 bits per heavy atom. The molecule has 7 heteroatoms. The molecule has 0 aliphatic heterocycles. The van der Waals surface area contributed by atoms with Crippen LogP contribution in [0.15, 0.2) is 64.0 Å². The SMILES string of the molecule is CN(C)c1ccc(/C=C/C(=O)NS(=O)(=O)c2ccc(Br)cc2)cc1. The second kappa shape index (κ2) is 7.63. The first kappa shape index (κ1) is 18.2. The molecule has 0 fully saturated rings. The monoisotopic (exact) mass is 408 g/mol. The molecule has 0 aromatic heterocycles. The summed E-state index contributed by atoms with van der Waals surface area (Å²) in [5.74, 6) is -0.699. The van der Waals surface area contributed by atoms with Crippen LogP contribution in [-0.2, 0) is 14.8 Å². The van der Waals surface area contributed by atoms with E-state index in [1.807, 2.05) is 48.0 Å². The van der Waals surface area contributed by atoms with Gasteiger partial charge in [-0.25, -0.2) is 13.1 Å². The van der Waals surface area contributed by atoms with Gasteiger partial charge in [0, 0.05) is 30.3 Å². The van der Waals surface area contributed by atoms with Crippen molar-refractivity contribution in [3.63, 3.8) is 0 Å². The summed E-state index contributed by atoms with van der Waals surface area (Å²) >= 11 is 3.23. The van der Waals surface area contributed by atoms with Crippen molar-refractivity contribution in [2.75, 3.05) is 19.0 Å². The van der Waals surface area contributed by atoms with E-state index in [0.717, 1.165) is 15.7 Å². The number of sulfonamides is 1. The van der Waals surface area contributed by atoms with Gasteiger partial charge in [-0.2, -0.15) is 0 Å². The maximum Gasteiger partial charge on any atom is 0.264 e. The molecule has 2 aromatic carbocycles. The predicted molar refractivity (Wildman–Crippen MR) is 99.3 cm³/mol. The highest BCUT2D eigenvalue weighted by Gasteiger charge is 2.15. The van der Waals surface area contributed by atoms with Crippen molar-refractivity contribution in [3.05, 3.63) is 64.6 Å². The van der Waals surface area contributed by atoms with E-state index in [9.17, 15) is 13.2 Å². The lowest BCUT2D eigenvalue weighted by molar-refractivity contribution is -0.114. The molecule has 0 aliphatic rings. The third kappa shape index (κ3) is 4.94. The van der Waals surface area contributed by atoms with Crippen LogP contribution >= 0.6 is 15.9 Å². The van der Waals surface area contributed by atoms with Gasteiger partial charge in [-0.05, 0) is 48.0 Å². The van der Waals surface area contributed by atoms with Gasteiger partial charge in [0.1, 0.15) is 0 Å². The molecule has 0 atom stereocenters. The highest BCUT2D eigenvalue weighted by molar-refractivity contribution is 9.10. The number of benzene rings is 2. The Bertz CT molecular complexity index is 842. The molecule has 1 amide bonds. The number of hydrogen-bond donors (Lipinski definition) is 1. The number of carbonyl (C=O) groups excluding carboxylic acids is 1. The molecule has 0 aliphatic carbocycles. The minimum absolute atomic E-state index is 0.0304. The minimum Gasteiger partial charge on any atom is -0.378 e. The number of halogens is 1. The predicted octanol–water partition coefficient (Wildman–Crippen LogP) is 3.03. The fraction of sp³-hybridized carbons (Fsp3) is 0.118. The second-order valence-corrected chi connectivity index (χ2v) is 7.84. The Morgan fingerprint density at radius 1 is 1.04 bits per heavy atom. The van der Waals surface area contributed by atoms with Crippen LogP contribution in [0.4, 0.5) is 5.69 Å². The maximum atomic E-state index is 12.1. The molecule has 126 valence electrons. The van der Waals surface area contributed by atoms with Gasteiger partial charge in [0.05, 0.1) is 4.90 Å². The Morgan fingerprint density at radius 3 is 2.17 bits per heavy atom. The number of amides is 1. The van der Waals surface area contributed by atoms with Gasteiger partial charge in [0.25, 0.3) is 15.9 Å². The molecule has 0 radical (unpaired) electrons. The highest BCUT2D eigenvalue weighted by atomic mass is 79.9. The largest absolute Gasteiger partial charge is 0.378 e. The van der Waals surface area contributed by atoms with Gasteiger partial charge in [0.15, 0.2) is 0 Å². The third-order valence-corrected chi connectivity index (χ3v) is 5.09. The zero-order chi connectivity index (χ0) is 17.7. The van der Waals surface area contributed by atoms with E-state index < -0.39 is 15.9 Å². The van der Waals surface area contributed by atoms with E-state index >= 15 is 0 Å². The molecular formula is C17H17BrN2O3S. The Balaban J connectivity index is 2.05. The van der Waals surface area contributed by atoms with Gasteiger partial charge < -0.3 is 4.90 Å². The molecular weight excluding hydrogens is 392 g/mol. The highest BCUT2D eigenvalue weighted by Crippen LogP contribution is 2.15. The Hall–Kier alpha value is -2.12. The number of carbonyl (C=O) groups is 1. The van der Waals surface area contributed by atoms with Gasteiger partial charge in [-0.15, -0.1) is 0 Å². The molecule has 1 N–H and O–H groups in total. The fourth-order valence-corrected chi connectivity index (χ4v) is 3.10. The van der Waals surface area contributed by atoms with E-state index in [1.54, 1.807) is 18.2 Å². The van der Waals surface area contributed by atoms with Crippen LogP contribution in [0, 0.1) is 0 Å². The average molecular weight is 409 g/mol. The van der Waals surface area contributed by atoms with Crippen LogP contribution in [0.25, 0.3) is 6.08 Å². The molecule has 2 aromatic rings. The van der Waals surface area contributed by atoms with Crippen LogP contribution in [0.3, 0.4) is 0 Å². The van der Waals surface area contributed by atoms with Gasteiger partial charge >= 0.3 is 0 Å². The van der Waals surface area contributed by atoms with Crippen molar-refractivity contribution >= 4 is 43.6 Å². The van der Waals surface area contributed by atoms with E-state index in [0.29, 0.717) is 0 Å². The van der Waals surface area contributed by atoms with Crippen LogP contribution in [0.5, 0.6) is 0 Å². The first-order chi connectivity index (χ1) is 11.3. The van der Waals surface area contributed by atoms with Crippen LogP contribution in [0.2, 0.25) is 0 Å². The summed E-state index contributed by atoms with van der Waals surface area (Å²) in [6.45, 7) is 0. The van der Waals surface area contributed by atoms with Crippen molar-refractivity contribution in [1.82, 2.24) is 4.72 Å². The van der Waals surface area contributed by atoms with Crippen LogP contribution < -0.4 is 9.62 Å². The van der Waals surface area contributed by atoms with Crippen molar-refractivity contribution in [3.8, 4) is 0 Å². The molecule has 0 saturated carbocycles. The third-order valence-electron chi connectivity index (χ3n) is 3.20. The molecule has 5 nitrogen and oxygen atoms in total. The lowest BCUT2D eigenvalue weighted by Crippen LogP contribution is -2.28. The van der Waals surface area contributed by atoms with Crippen LogP contribution in [0.1, 0.15) is 5.56 Å². The molecule has 0 heterocycles. The summed E-state index contributed by atoms with van der Waals surface area (Å²) in [5, 5.41) is 0. The van der Waals surface area contributed by atoms with Crippen molar-refractivity contribution in [1.29, 1.82) is 0 Å². The number of nitrogens with zero attached hydrogens (tertiary/aromatic N) is 1. The zero-order valence-corrected chi connectivity index (χ0v) is 15.6. The summed E-state index contributed by atoms with van der Waals surface area (Å²) in [7, 11) is -0.00533. The lowest BCUT2D eigenvalue weighted by atomic mass is 10.2. The summed E-state index contributed by atoms with van der Waals surface area (Å²) in [6.07, 6.45) is 2.76. The quantitative estimate of drug-likeness (QED) is 0.772. The fourth-order valence-electron chi connectivity index (χ4n) is 1.89. The molecule has 0 bridgehead atoms. The summed E-state index contributed by atoms with van der Waals surface area (Å²) in [6, 6.07) is 13.6. The second-order valence-electron chi connectivity index (χ2n) is 5.24. The average Bonchev–Trinajstić information content (AvgIpc) is 2.53. The smallest absolute Gasteiger partial charge is 0.264 e. The van der Waals surface area contributed by atoms with Gasteiger partial charge in [-0.3, -0.25) is 4.79 Å². The first-order valence-corrected chi connectivity index (χ1v) is 9.33. The Kier molecular flexibility index (Phi) is 5.80. The van der Waals surface area contributed by atoms with Crippen molar-refractivity contribution in [2.24, 2.45) is 0 Å². The maximum absolute atomic E-state index is 12.1.